The van der Waals surface area contributed by atoms with Crippen LogP contribution in [0.5, 0.6) is 5.75 Å². The van der Waals surface area contributed by atoms with E-state index in [0.29, 0.717) is 16.6 Å². The van der Waals surface area contributed by atoms with Gasteiger partial charge >= 0.3 is 18.2 Å². The van der Waals surface area contributed by atoms with Gasteiger partial charge in [-0.15, -0.1) is 0 Å². The van der Waals surface area contributed by atoms with Crippen LogP contribution in [-0.4, -0.2) is 67.1 Å². The molecule has 0 saturated carbocycles. The van der Waals surface area contributed by atoms with E-state index in [2.05, 4.69) is 9.97 Å². The largest absolute Gasteiger partial charge is 0.484 e. The maximum Gasteiger partial charge on any atom is 0.422 e. The van der Waals surface area contributed by atoms with Crippen LogP contribution in [0.3, 0.4) is 0 Å². The summed E-state index contributed by atoms with van der Waals surface area (Å²) < 4.78 is 57.0. The zero-order chi connectivity index (χ0) is 25.8. The summed E-state index contributed by atoms with van der Waals surface area (Å²) >= 11 is 0. The molecule has 188 valence electrons. The first-order chi connectivity index (χ1) is 16.5. The number of fused-ring (bicyclic) bond motifs is 1. The van der Waals surface area contributed by atoms with Gasteiger partial charge in [-0.05, 0) is 31.5 Å². The van der Waals surface area contributed by atoms with E-state index in [-0.39, 0.29) is 41.7 Å². The smallest absolute Gasteiger partial charge is 0.422 e. The number of carboxylic acids is 1. The Morgan fingerprint density at radius 2 is 1.94 bits per heavy atom. The lowest BCUT2D eigenvalue weighted by atomic mass is 10.2. The number of alkyl halides is 3. The molecule has 1 N–H and O–H groups in total. The summed E-state index contributed by atoms with van der Waals surface area (Å²) in [6.45, 7) is 0.192. The van der Waals surface area contributed by atoms with Crippen molar-refractivity contribution in [3.8, 4) is 5.75 Å². The molecule has 1 aromatic carbocycles. The van der Waals surface area contributed by atoms with E-state index in [1.54, 1.807) is 24.3 Å². The summed E-state index contributed by atoms with van der Waals surface area (Å²) in [4.78, 5) is 33.8. The molecule has 0 aliphatic heterocycles. The number of rotatable bonds is 9. The van der Waals surface area contributed by atoms with Crippen molar-refractivity contribution in [2.24, 2.45) is 0 Å². The van der Waals surface area contributed by atoms with Gasteiger partial charge in [0.25, 0.3) is 0 Å². The van der Waals surface area contributed by atoms with Crippen LogP contribution in [0.4, 0.5) is 18.0 Å². The highest BCUT2D eigenvalue weighted by molar-refractivity contribution is 7.84. The van der Waals surface area contributed by atoms with Gasteiger partial charge in [0.1, 0.15) is 5.75 Å². The molecule has 3 aromatic rings. The third-order valence-corrected chi connectivity index (χ3v) is 6.27. The summed E-state index contributed by atoms with van der Waals surface area (Å²) in [6, 6.07) is 7.44. The van der Waals surface area contributed by atoms with Crippen molar-refractivity contribution in [1.82, 2.24) is 19.4 Å². The average molecular weight is 513 g/mol. The lowest BCUT2D eigenvalue weighted by molar-refractivity contribution is -0.153. The van der Waals surface area contributed by atoms with Crippen molar-refractivity contribution >= 4 is 33.8 Å². The Bertz CT molecular complexity index is 1260. The fourth-order valence-corrected chi connectivity index (χ4v) is 4.53. The molecule has 0 fully saturated rings. The molecule has 0 aliphatic rings. The number of ether oxygens (including phenoxy) is 1. The van der Waals surface area contributed by atoms with Crippen molar-refractivity contribution in [2.75, 3.05) is 20.2 Å². The molecule has 2 aromatic heterocycles. The van der Waals surface area contributed by atoms with Crippen LogP contribution >= 0.6 is 0 Å². The van der Waals surface area contributed by atoms with E-state index >= 15 is 0 Å². The second kappa shape index (κ2) is 10.8. The third-order valence-electron chi connectivity index (χ3n) is 5.05. The first kappa shape index (κ1) is 26.1. The number of pyridine rings is 1. The van der Waals surface area contributed by atoms with Crippen molar-refractivity contribution < 1.29 is 36.8 Å². The first-order valence-corrected chi connectivity index (χ1v) is 11.8. The van der Waals surface area contributed by atoms with E-state index in [4.69, 9.17) is 9.84 Å². The Labute approximate surface area is 201 Å². The molecule has 1 amide bonds. The molecule has 0 bridgehead atoms. The van der Waals surface area contributed by atoms with Crippen LogP contribution in [0.2, 0.25) is 0 Å². The number of benzene rings is 1. The van der Waals surface area contributed by atoms with E-state index in [1.165, 1.54) is 35.7 Å². The Hall–Kier alpha value is -3.48. The predicted octanol–water partition coefficient (Wildman–Crippen LogP) is 3.75. The van der Waals surface area contributed by atoms with Gasteiger partial charge in [-0.1, -0.05) is 12.1 Å². The van der Waals surface area contributed by atoms with Gasteiger partial charge in [0.2, 0.25) is 5.16 Å². The summed E-state index contributed by atoms with van der Waals surface area (Å²) in [7, 11) is -0.400. The van der Waals surface area contributed by atoms with Gasteiger partial charge in [-0.2, -0.15) is 13.2 Å². The van der Waals surface area contributed by atoms with Crippen molar-refractivity contribution in [1.29, 1.82) is 0 Å². The molecule has 0 spiro atoms. The molecule has 1 unspecified atom stereocenters. The fourth-order valence-electron chi connectivity index (χ4n) is 3.28. The number of imidazole rings is 1. The number of aliphatic carboxylic acids is 1. The minimum Gasteiger partial charge on any atom is -0.484 e. The highest BCUT2D eigenvalue weighted by atomic mass is 32.2. The minimum absolute atomic E-state index is 0.0351. The molecule has 0 radical (unpaired) electrons. The summed E-state index contributed by atoms with van der Waals surface area (Å²) in [5.74, 6) is -1.23. The highest BCUT2D eigenvalue weighted by Gasteiger charge is 2.29. The Morgan fingerprint density at radius 3 is 2.63 bits per heavy atom. The average Bonchev–Trinajstić information content (AvgIpc) is 3.18. The summed E-state index contributed by atoms with van der Waals surface area (Å²) in [5.41, 5.74) is 1.38. The second-order valence-electron chi connectivity index (χ2n) is 7.69. The molecule has 3 rings (SSSR count). The lowest BCUT2D eigenvalue weighted by Crippen LogP contribution is -2.33. The van der Waals surface area contributed by atoms with Crippen LogP contribution in [0.1, 0.15) is 24.1 Å². The maximum atomic E-state index is 13.3. The molecular formula is C22H23F3N4O5S. The molecule has 1 atom stereocenters. The second-order valence-corrected chi connectivity index (χ2v) is 9.04. The standard InChI is InChI=1S/C22H23F3N4O5S/c1-14-16(26-10-9-18(14)34-13-22(23,24)25)12-35(33)20-27-15-6-3-4-7-17(15)29(20)21(32)28(2)11-5-8-19(30)31/h3-4,6-7,9-10H,5,8,11-13H2,1-2H3,(H,30,31). The molecule has 35 heavy (non-hydrogen) atoms. The Balaban J connectivity index is 1.89. The van der Waals surface area contributed by atoms with Crippen LogP contribution in [0, 0.1) is 6.92 Å². The fraction of sp³-hybridized carbons (Fsp3) is 0.364. The molecule has 0 aliphatic carbocycles. The number of carbonyl (C=O) groups is 2. The lowest BCUT2D eigenvalue weighted by Gasteiger charge is -2.18. The third kappa shape index (κ3) is 6.56. The van der Waals surface area contributed by atoms with E-state index < -0.39 is 35.6 Å². The number of carboxylic acid groups (broad SMARTS) is 1. The summed E-state index contributed by atoms with van der Waals surface area (Å²) in [6.07, 6.45) is -3.13. The number of nitrogens with zero attached hydrogens (tertiary/aromatic N) is 4. The van der Waals surface area contributed by atoms with Gasteiger partial charge in [0, 0.05) is 31.8 Å². The minimum atomic E-state index is -4.51. The normalized spacial score (nSPS) is 12.5. The Morgan fingerprint density at radius 1 is 1.23 bits per heavy atom. The molecule has 9 nitrogen and oxygen atoms in total. The van der Waals surface area contributed by atoms with Crippen LogP contribution in [0.15, 0.2) is 41.7 Å². The SMILES string of the molecule is Cc1c(OCC(F)(F)F)ccnc1CS(=O)c1nc2ccccc2n1C(=O)N(C)CCCC(=O)O. The van der Waals surface area contributed by atoms with E-state index in [0.717, 1.165) is 0 Å². The van der Waals surface area contributed by atoms with E-state index in [9.17, 15) is 27.0 Å². The monoisotopic (exact) mass is 512 g/mol. The first-order valence-electron chi connectivity index (χ1n) is 10.4. The molecule has 13 heteroatoms. The predicted molar refractivity (Wildman–Crippen MR) is 121 cm³/mol. The van der Waals surface area contributed by atoms with Gasteiger partial charge in [0.15, 0.2) is 6.61 Å². The zero-order valence-electron chi connectivity index (χ0n) is 18.9. The van der Waals surface area contributed by atoms with Gasteiger partial charge in [-0.3, -0.25) is 14.0 Å². The zero-order valence-corrected chi connectivity index (χ0v) is 19.7. The Kier molecular flexibility index (Phi) is 8.10. The van der Waals surface area contributed by atoms with Gasteiger partial charge < -0.3 is 14.7 Å². The van der Waals surface area contributed by atoms with Crippen LogP contribution < -0.4 is 4.74 Å². The number of amides is 1. The number of para-hydroxylation sites is 2. The number of halogens is 3. The van der Waals surface area contributed by atoms with Gasteiger partial charge in [-0.25, -0.2) is 14.3 Å². The maximum absolute atomic E-state index is 13.3. The van der Waals surface area contributed by atoms with Crippen molar-refractivity contribution in [3.63, 3.8) is 0 Å². The van der Waals surface area contributed by atoms with Crippen LogP contribution in [-0.2, 0) is 21.3 Å². The number of aromatic nitrogens is 3. The topological polar surface area (TPSA) is 115 Å². The van der Waals surface area contributed by atoms with Crippen LogP contribution in [0.25, 0.3) is 11.0 Å². The number of hydrogen-bond acceptors (Lipinski definition) is 6. The molecule has 2 heterocycles. The van der Waals surface area contributed by atoms with Gasteiger partial charge in [0.05, 0.1) is 33.3 Å². The summed E-state index contributed by atoms with van der Waals surface area (Å²) in [5, 5.41) is 8.78. The van der Waals surface area contributed by atoms with Crippen molar-refractivity contribution in [2.45, 2.75) is 36.9 Å². The quantitative estimate of drug-likeness (QED) is 0.464. The number of hydrogen-bond donors (Lipinski definition) is 1. The number of carbonyl (C=O) groups excluding carboxylic acids is 1. The van der Waals surface area contributed by atoms with E-state index in [1.807, 2.05) is 0 Å². The van der Waals surface area contributed by atoms with Crippen molar-refractivity contribution in [3.05, 3.63) is 47.8 Å². The highest BCUT2D eigenvalue weighted by Crippen LogP contribution is 2.26. The molecular weight excluding hydrogens is 489 g/mol. The molecule has 0 saturated heterocycles.